The minimum atomic E-state index is -5.08. The maximum absolute atomic E-state index is 12.4. The zero-order valence-electron chi connectivity index (χ0n) is 16.9. The molecule has 3 rings (SSSR count). The van der Waals surface area contributed by atoms with E-state index in [0.29, 0.717) is 13.2 Å². The van der Waals surface area contributed by atoms with E-state index in [9.17, 15) is 18.0 Å². The highest BCUT2D eigenvalue weighted by molar-refractivity contribution is 7.09. The van der Waals surface area contributed by atoms with Gasteiger partial charge in [0.15, 0.2) is 0 Å². The number of ether oxygens (including phenoxy) is 1. The maximum Gasteiger partial charge on any atom is 0.490 e. The molecule has 12 heteroatoms. The number of nitrogens with one attached hydrogen (secondary N) is 1. The first kappa shape index (κ1) is 24.4. The number of amides is 2. The second-order valence-corrected chi connectivity index (χ2v) is 8.75. The third-order valence-corrected chi connectivity index (χ3v) is 5.51. The number of rotatable bonds is 3. The van der Waals surface area contributed by atoms with Gasteiger partial charge in [0.05, 0.1) is 19.8 Å². The lowest BCUT2D eigenvalue weighted by atomic mass is 9.87. The van der Waals surface area contributed by atoms with Gasteiger partial charge in [0.25, 0.3) is 0 Å². The molecule has 1 spiro atoms. The third-order valence-electron chi connectivity index (χ3n) is 4.74. The number of carboxylic acid groups (broad SMARTS) is 1. The van der Waals surface area contributed by atoms with Crippen LogP contribution in [0.2, 0.25) is 0 Å². The predicted octanol–water partition coefficient (Wildman–Crippen LogP) is 2.42. The minimum Gasteiger partial charge on any atom is -0.475 e. The van der Waals surface area contributed by atoms with E-state index in [1.807, 2.05) is 30.3 Å². The van der Waals surface area contributed by atoms with Crippen LogP contribution in [-0.2, 0) is 16.1 Å². The zero-order valence-corrected chi connectivity index (χ0v) is 17.8. The van der Waals surface area contributed by atoms with Gasteiger partial charge in [-0.1, -0.05) is 0 Å². The van der Waals surface area contributed by atoms with Gasteiger partial charge in [-0.05, 0) is 26.8 Å². The van der Waals surface area contributed by atoms with Gasteiger partial charge in [-0.25, -0.2) is 14.6 Å². The number of carboxylic acids is 1. The van der Waals surface area contributed by atoms with Crippen molar-refractivity contribution in [3.63, 3.8) is 0 Å². The van der Waals surface area contributed by atoms with E-state index >= 15 is 0 Å². The summed E-state index contributed by atoms with van der Waals surface area (Å²) < 4.78 is 37.6. The van der Waals surface area contributed by atoms with Crippen LogP contribution in [0.25, 0.3) is 0 Å². The van der Waals surface area contributed by atoms with Gasteiger partial charge in [0.1, 0.15) is 5.01 Å². The summed E-state index contributed by atoms with van der Waals surface area (Å²) in [5.74, 6) is -2.76. The van der Waals surface area contributed by atoms with Gasteiger partial charge >= 0.3 is 18.2 Å². The Bertz CT molecular complexity index is 702. The van der Waals surface area contributed by atoms with Crippen LogP contribution in [0.5, 0.6) is 0 Å². The van der Waals surface area contributed by atoms with Gasteiger partial charge in [-0.3, -0.25) is 4.90 Å². The van der Waals surface area contributed by atoms with E-state index in [-0.39, 0.29) is 17.5 Å². The van der Waals surface area contributed by atoms with Gasteiger partial charge < -0.3 is 20.1 Å². The monoisotopic (exact) mass is 452 g/mol. The standard InChI is InChI=1S/C16H26N4O2S.C2HF3O2/c1-13(2)18-15(21)20-6-7-22-12-16(11-20)3-5-19(10-16)9-14-17-4-8-23-14;3-2(4,5)1(6)7/h4,8,13H,3,5-7,9-12H2,1-2H3,(H,18,21);(H,6,7). The number of aliphatic carboxylic acids is 1. The summed E-state index contributed by atoms with van der Waals surface area (Å²) in [4.78, 5) is 30.0. The Labute approximate surface area is 177 Å². The molecule has 0 saturated carbocycles. The molecule has 3 heterocycles. The van der Waals surface area contributed by atoms with Crippen molar-refractivity contribution in [2.45, 2.75) is 39.0 Å². The Balaban J connectivity index is 0.000000396. The quantitative estimate of drug-likeness (QED) is 0.732. The van der Waals surface area contributed by atoms with E-state index in [2.05, 4.69) is 15.2 Å². The van der Waals surface area contributed by atoms with E-state index in [1.165, 1.54) is 0 Å². The minimum absolute atomic E-state index is 0.0308. The lowest BCUT2D eigenvalue weighted by Crippen LogP contribution is -2.48. The SMILES string of the molecule is CC(C)NC(=O)N1CCOCC2(CCN(Cc3nccs3)C2)C1.O=C(O)C(F)(F)F. The summed E-state index contributed by atoms with van der Waals surface area (Å²) in [7, 11) is 0. The van der Waals surface area contributed by atoms with Gasteiger partial charge in [-0.2, -0.15) is 13.2 Å². The van der Waals surface area contributed by atoms with E-state index < -0.39 is 12.1 Å². The third kappa shape index (κ3) is 7.40. The number of alkyl halides is 3. The summed E-state index contributed by atoms with van der Waals surface area (Å²) >= 11 is 1.70. The topological polar surface area (TPSA) is 95.0 Å². The molecule has 2 aliphatic rings. The lowest BCUT2D eigenvalue weighted by Gasteiger charge is -2.32. The number of hydrogen-bond acceptors (Lipinski definition) is 6. The van der Waals surface area contributed by atoms with Crippen molar-refractivity contribution >= 4 is 23.3 Å². The van der Waals surface area contributed by atoms with Crippen LogP contribution < -0.4 is 5.32 Å². The number of urea groups is 1. The van der Waals surface area contributed by atoms with Crippen molar-refractivity contribution in [1.82, 2.24) is 20.1 Å². The Morgan fingerprint density at radius 1 is 1.37 bits per heavy atom. The van der Waals surface area contributed by atoms with Gasteiger partial charge in [0, 0.05) is 42.7 Å². The number of thiazole rings is 1. The molecular formula is C18H27F3N4O4S. The highest BCUT2D eigenvalue weighted by Gasteiger charge is 2.42. The number of aromatic nitrogens is 1. The Morgan fingerprint density at radius 3 is 2.63 bits per heavy atom. The highest BCUT2D eigenvalue weighted by Crippen LogP contribution is 2.34. The lowest BCUT2D eigenvalue weighted by molar-refractivity contribution is -0.192. The molecule has 1 atom stereocenters. The maximum atomic E-state index is 12.4. The first-order valence-corrected chi connectivity index (χ1v) is 10.4. The molecule has 1 unspecified atom stereocenters. The molecule has 1 aromatic rings. The molecule has 0 aliphatic carbocycles. The molecule has 1 aromatic heterocycles. The molecule has 170 valence electrons. The van der Waals surface area contributed by atoms with Crippen LogP contribution in [0.15, 0.2) is 11.6 Å². The van der Waals surface area contributed by atoms with Crippen LogP contribution in [0, 0.1) is 5.41 Å². The number of likely N-dealkylation sites (tertiary alicyclic amines) is 1. The van der Waals surface area contributed by atoms with Crippen LogP contribution in [0.3, 0.4) is 0 Å². The molecule has 2 fully saturated rings. The number of carbonyl (C=O) groups is 2. The first-order chi connectivity index (χ1) is 14.0. The molecule has 2 saturated heterocycles. The Morgan fingerprint density at radius 2 is 2.07 bits per heavy atom. The second kappa shape index (κ2) is 10.4. The van der Waals surface area contributed by atoms with Crippen LogP contribution in [0.4, 0.5) is 18.0 Å². The van der Waals surface area contributed by atoms with Gasteiger partial charge in [-0.15, -0.1) is 11.3 Å². The molecule has 30 heavy (non-hydrogen) atoms. The first-order valence-electron chi connectivity index (χ1n) is 9.55. The average Bonchev–Trinajstić information content (AvgIpc) is 3.22. The molecule has 0 radical (unpaired) electrons. The molecule has 2 amide bonds. The Kier molecular flexibility index (Phi) is 8.44. The van der Waals surface area contributed by atoms with Crippen LogP contribution in [-0.4, -0.2) is 83.5 Å². The van der Waals surface area contributed by atoms with Crippen molar-refractivity contribution < 1.29 is 32.6 Å². The second-order valence-electron chi connectivity index (χ2n) is 7.77. The number of halogens is 3. The molecule has 2 aliphatic heterocycles. The smallest absolute Gasteiger partial charge is 0.475 e. The number of hydrogen-bond donors (Lipinski definition) is 2. The van der Waals surface area contributed by atoms with Crippen LogP contribution >= 0.6 is 11.3 Å². The predicted molar refractivity (Wildman–Crippen MR) is 104 cm³/mol. The van der Waals surface area contributed by atoms with Crippen molar-refractivity contribution in [3.8, 4) is 0 Å². The van der Waals surface area contributed by atoms with E-state index in [1.54, 1.807) is 11.3 Å². The normalized spacial score (nSPS) is 22.5. The van der Waals surface area contributed by atoms with Crippen molar-refractivity contribution in [2.24, 2.45) is 5.41 Å². The van der Waals surface area contributed by atoms with Crippen molar-refractivity contribution in [2.75, 3.05) is 39.4 Å². The number of carbonyl (C=O) groups excluding carboxylic acids is 1. The van der Waals surface area contributed by atoms with E-state index in [4.69, 9.17) is 14.6 Å². The Hall–Kier alpha value is -1.92. The molecular weight excluding hydrogens is 425 g/mol. The average molecular weight is 452 g/mol. The summed E-state index contributed by atoms with van der Waals surface area (Å²) in [6, 6.07) is 0.191. The number of nitrogens with zero attached hydrogens (tertiary/aromatic N) is 3. The fourth-order valence-electron chi connectivity index (χ4n) is 3.44. The molecule has 0 bridgehead atoms. The molecule has 0 aromatic carbocycles. The van der Waals surface area contributed by atoms with Crippen molar-refractivity contribution in [3.05, 3.63) is 16.6 Å². The summed E-state index contributed by atoms with van der Waals surface area (Å²) in [5.41, 5.74) is 0.0576. The van der Waals surface area contributed by atoms with E-state index in [0.717, 1.165) is 44.2 Å². The fraction of sp³-hybridized carbons (Fsp3) is 0.722. The summed E-state index contributed by atoms with van der Waals surface area (Å²) in [5, 5.41) is 13.3. The summed E-state index contributed by atoms with van der Waals surface area (Å²) in [6.07, 6.45) is -2.15. The summed E-state index contributed by atoms with van der Waals surface area (Å²) in [6.45, 7) is 9.72. The molecule has 8 nitrogen and oxygen atoms in total. The van der Waals surface area contributed by atoms with Gasteiger partial charge in [0.2, 0.25) is 0 Å². The largest absolute Gasteiger partial charge is 0.490 e. The fourth-order valence-corrected chi connectivity index (χ4v) is 4.09. The van der Waals surface area contributed by atoms with Crippen molar-refractivity contribution in [1.29, 1.82) is 0 Å². The zero-order chi connectivity index (χ0) is 22.4. The van der Waals surface area contributed by atoms with Crippen LogP contribution in [0.1, 0.15) is 25.3 Å². The molecule has 2 N–H and O–H groups in total. The highest BCUT2D eigenvalue weighted by atomic mass is 32.1.